The van der Waals surface area contributed by atoms with Gasteiger partial charge in [0.2, 0.25) is 5.82 Å². The van der Waals surface area contributed by atoms with Crippen molar-refractivity contribution >= 4 is 11.8 Å². The predicted molar refractivity (Wildman–Crippen MR) is 67.7 cm³/mol. The summed E-state index contributed by atoms with van der Waals surface area (Å²) in [5, 5.41) is 0. The van der Waals surface area contributed by atoms with Crippen molar-refractivity contribution in [1.82, 2.24) is 14.9 Å². The first-order valence-corrected chi connectivity index (χ1v) is 6.14. The van der Waals surface area contributed by atoms with E-state index in [1.165, 1.54) is 0 Å². The van der Waals surface area contributed by atoms with E-state index in [9.17, 15) is 4.79 Å². The first-order valence-electron chi connectivity index (χ1n) is 6.14. The molecule has 0 aromatic carbocycles. The maximum absolute atomic E-state index is 11.6. The Bertz CT molecular complexity index is 416. The van der Waals surface area contributed by atoms with E-state index in [2.05, 4.69) is 26.8 Å². The Morgan fingerprint density at radius 1 is 1.39 bits per heavy atom. The van der Waals surface area contributed by atoms with E-state index in [1.54, 1.807) is 13.1 Å². The molecule has 0 amide bonds. The fourth-order valence-electron chi connectivity index (χ4n) is 1.85. The van der Waals surface area contributed by atoms with Crippen LogP contribution in [0.25, 0.3) is 0 Å². The fraction of sp³-hybridized carbons (Fsp3) is 0.583. The highest BCUT2D eigenvalue weighted by molar-refractivity contribution is 5.85. The standard InChI is InChI=1S/C12H18N4O2/c1-3-18-12(17)11-13-5-4-10(14-11)16-8-6-15(2)7-9-16/h4-5H,3,6-9H2,1-2H3. The quantitative estimate of drug-likeness (QED) is 0.724. The van der Waals surface area contributed by atoms with Crippen molar-refractivity contribution in [3.63, 3.8) is 0 Å². The first kappa shape index (κ1) is 12.8. The summed E-state index contributed by atoms with van der Waals surface area (Å²) in [6.45, 7) is 5.92. The number of hydrogen-bond acceptors (Lipinski definition) is 6. The lowest BCUT2D eigenvalue weighted by molar-refractivity contribution is 0.0512. The molecule has 0 atom stereocenters. The highest BCUT2D eigenvalue weighted by Crippen LogP contribution is 2.12. The highest BCUT2D eigenvalue weighted by Gasteiger charge is 2.17. The molecule has 18 heavy (non-hydrogen) atoms. The third-order valence-electron chi connectivity index (χ3n) is 2.93. The summed E-state index contributed by atoms with van der Waals surface area (Å²) >= 11 is 0. The molecule has 1 fully saturated rings. The van der Waals surface area contributed by atoms with Crippen LogP contribution in [0.3, 0.4) is 0 Å². The number of esters is 1. The summed E-state index contributed by atoms with van der Waals surface area (Å²) in [6, 6.07) is 1.83. The van der Waals surface area contributed by atoms with E-state index >= 15 is 0 Å². The third kappa shape index (κ3) is 2.95. The lowest BCUT2D eigenvalue weighted by Gasteiger charge is -2.33. The van der Waals surface area contributed by atoms with Crippen LogP contribution in [0.1, 0.15) is 17.5 Å². The maximum atomic E-state index is 11.6. The third-order valence-corrected chi connectivity index (χ3v) is 2.93. The number of nitrogens with zero attached hydrogens (tertiary/aromatic N) is 4. The number of likely N-dealkylation sites (N-methyl/N-ethyl adjacent to an activating group) is 1. The lowest BCUT2D eigenvalue weighted by Crippen LogP contribution is -2.44. The van der Waals surface area contributed by atoms with Crippen LogP contribution in [0.5, 0.6) is 0 Å². The van der Waals surface area contributed by atoms with Gasteiger partial charge in [0.15, 0.2) is 0 Å². The largest absolute Gasteiger partial charge is 0.460 e. The molecule has 0 radical (unpaired) electrons. The topological polar surface area (TPSA) is 58.6 Å². The number of carbonyl (C=O) groups is 1. The summed E-state index contributed by atoms with van der Waals surface area (Å²) < 4.78 is 4.90. The van der Waals surface area contributed by atoms with Crippen LogP contribution in [-0.4, -0.2) is 60.7 Å². The van der Waals surface area contributed by atoms with E-state index in [0.29, 0.717) is 6.61 Å². The van der Waals surface area contributed by atoms with E-state index in [4.69, 9.17) is 4.74 Å². The van der Waals surface area contributed by atoms with Gasteiger partial charge in [0.1, 0.15) is 5.82 Å². The molecule has 1 aromatic rings. The summed E-state index contributed by atoms with van der Waals surface area (Å²) in [4.78, 5) is 24.2. The lowest BCUT2D eigenvalue weighted by atomic mass is 10.3. The summed E-state index contributed by atoms with van der Waals surface area (Å²) in [5.74, 6) is 0.461. The van der Waals surface area contributed by atoms with Gasteiger partial charge in [0.05, 0.1) is 6.61 Å². The zero-order valence-electron chi connectivity index (χ0n) is 10.8. The molecule has 2 rings (SSSR count). The van der Waals surface area contributed by atoms with Crippen molar-refractivity contribution in [2.75, 3.05) is 44.7 Å². The van der Waals surface area contributed by atoms with Gasteiger partial charge in [-0.3, -0.25) is 0 Å². The SMILES string of the molecule is CCOC(=O)c1nccc(N2CCN(C)CC2)n1. The van der Waals surface area contributed by atoms with Crippen molar-refractivity contribution in [3.8, 4) is 0 Å². The Balaban J connectivity index is 2.09. The molecule has 0 N–H and O–H groups in total. The molecule has 98 valence electrons. The number of aromatic nitrogens is 2. The second kappa shape index (κ2) is 5.77. The number of carbonyl (C=O) groups excluding carboxylic acids is 1. The Morgan fingerprint density at radius 2 is 2.11 bits per heavy atom. The molecule has 0 spiro atoms. The number of piperazine rings is 1. The molecular weight excluding hydrogens is 232 g/mol. The van der Waals surface area contributed by atoms with E-state index < -0.39 is 5.97 Å². The number of rotatable bonds is 3. The predicted octanol–water partition coefficient (Wildman–Crippen LogP) is 0.405. The molecule has 0 saturated carbocycles. The van der Waals surface area contributed by atoms with Crippen LogP contribution in [0.4, 0.5) is 5.82 Å². The van der Waals surface area contributed by atoms with Crippen molar-refractivity contribution in [2.24, 2.45) is 0 Å². The molecule has 1 aromatic heterocycles. The van der Waals surface area contributed by atoms with Gasteiger partial charge >= 0.3 is 5.97 Å². The normalized spacial score (nSPS) is 16.7. The molecule has 0 bridgehead atoms. The van der Waals surface area contributed by atoms with Crippen LogP contribution in [0.15, 0.2) is 12.3 Å². The Hall–Kier alpha value is -1.69. The zero-order valence-corrected chi connectivity index (χ0v) is 10.8. The summed E-state index contributed by atoms with van der Waals surface area (Å²) in [6.07, 6.45) is 1.60. The van der Waals surface area contributed by atoms with Crippen molar-refractivity contribution < 1.29 is 9.53 Å². The van der Waals surface area contributed by atoms with Crippen LogP contribution in [0.2, 0.25) is 0 Å². The average Bonchev–Trinajstić information content (AvgIpc) is 2.40. The van der Waals surface area contributed by atoms with Crippen LogP contribution >= 0.6 is 0 Å². The van der Waals surface area contributed by atoms with Gasteiger partial charge < -0.3 is 14.5 Å². The Labute approximate surface area is 107 Å². The minimum Gasteiger partial charge on any atom is -0.460 e. The fourth-order valence-corrected chi connectivity index (χ4v) is 1.85. The molecule has 1 aliphatic rings. The van der Waals surface area contributed by atoms with Gasteiger partial charge in [-0.05, 0) is 20.0 Å². The minimum atomic E-state index is -0.464. The second-order valence-electron chi connectivity index (χ2n) is 4.25. The molecule has 6 heteroatoms. The van der Waals surface area contributed by atoms with Crippen LogP contribution < -0.4 is 4.90 Å². The molecule has 1 aliphatic heterocycles. The average molecular weight is 250 g/mol. The van der Waals surface area contributed by atoms with Gasteiger partial charge in [-0.2, -0.15) is 0 Å². The van der Waals surface area contributed by atoms with Gasteiger partial charge in [-0.25, -0.2) is 14.8 Å². The number of ether oxygens (including phenoxy) is 1. The molecular formula is C12H18N4O2. The van der Waals surface area contributed by atoms with Crippen molar-refractivity contribution in [2.45, 2.75) is 6.92 Å². The monoisotopic (exact) mass is 250 g/mol. The van der Waals surface area contributed by atoms with Crippen molar-refractivity contribution in [3.05, 3.63) is 18.1 Å². The highest BCUT2D eigenvalue weighted by atomic mass is 16.5. The van der Waals surface area contributed by atoms with E-state index in [1.807, 2.05) is 6.07 Å². The smallest absolute Gasteiger partial charge is 0.376 e. The molecule has 0 unspecified atom stereocenters. The van der Waals surface area contributed by atoms with Gasteiger partial charge in [0, 0.05) is 32.4 Å². The van der Waals surface area contributed by atoms with Gasteiger partial charge in [0.25, 0.3) is 0 Å². The second-order valence-corrected chi connectivity index (χ2v) is 4.25. The van der Waals surface area contributed by atoms with Gasteiger partial charge in [-0.1, -0.05) is 0 Å². The van der Waals surface area contributed by atoms with E-state index in [-0.39, 0.29) is 5.82 Å². The molecule has 2 heterocycles. The number of anilines is 1. The maximum Gasteiger partial charge on any atom is 0.376 e. The zero-order chi connectivity index (χ0) is 13.0. The molecule has 1 saturated heterocycles. The Morgan fingerprint density at radius 3 is 2.78 bits per heavy atom. The first-order chi connectivity index (χ1) is 8.70. The summed E-state index contributed by atoms with van der Waals surface area (Å²) in [7, 11) is 2.10. The molecule has 0 aliphatic carbocycles. The van der Waals surface area contributed by atoms with Gasteiger partial charge in [-0.15, -0.1) is 0 Å². The van der Waals surface area contributed by atoms with Crippen LogP contribution in [0, 0.1) is 0 Å². The van der Waals surface area contributed by atoms with Crippen LogP contribution in [-0.2, 0) is 4.74 Å². The van der Waals surface area contributed by atoms with Crippen molar-refractivity contribution in [1.29, 1.82) is 0 Å². The summed E-state index contributed by atoms with van der Waals surface area (Å²) in [5.41, 5.74) is 0. The molecule has 6 nitrogen and oxygen atoms in total. The van der Waals surface area contributed by atoms with E-state index in [0.717, 1.165) is 32.0 Å². The Kier molecular flexibility index (Phi) is 4.09. The number of hydrogen-bond donors (Lipinski definition) is 0. The minimum absolute atomic E-state index is 0.133.